The molecule has 2 rings (SSSR count). The molecule has 2 N–H and O–H groups in total. The van der Waals surface area contributed by atoms with E-state index in [0.717, 1.165) is 42.3 Å². The van der Waals surface area contributed by atoms with E-state index in [-0.39, 0.29) is 24.0 Å². The van der Waals surface area contributed by atoms with Crippen LogP contribution >= 0.6 is 35.3 Å². The summed E-state index contributed by atoms with van der Waals surface area (Å²) in [6.07, 6.45) is 6.84. The highest BCUT2D eigenvalue weighted by molar-refractivity contribution is 14.0. The number of halogens is 1. The van der Waals surface area contributed by atoms with Crippen LogP contribution in [0.15, 0.2) is 11.2 Å². The van der Waals surface area contributed by atoms with Gasteiger partial charge in [0.15, 0.2) is 5.96 Å². The molecule has 5 nitrogen and oxygen atoms in total. The number of unbranched alkanes of at least 4 members (excludes halogenated alkanes) is 1. The normalized spacial score (nSPS) is 21.3. The van der Waals surface area contributed by atoms with Gasteiger partial charge in [-0.05, 0) is 44.1 Å². The maximum absolute atomic E-state index is 4.43. The largest absolute Gasteiger partial charge is 0.356 e. The molecule has 150 valence electrons. The zero-order valence-corrected chi connectivity index (χ0v) is 19.9. The third kappa shape index (κ3) is 8.52. The van der Waals surface area contributed by atoms with Crippen molar-refractivity contribution in [1.29, 1.82) is 0 Å². The number of guanidine groups is 1. The molecule has 26 heavy (non-hydrogen) atoms. The van der Waals surface area contributed by atoms with Gasteiger partial charge in [0.25, 0.3) is 0 Å². The third-order valence-corrected chi connectivity index (χ3v) is 5.86. The summed E-state index contributed by atoms with van der Waals surface area (Å²) in [5.74, 6) is 2.57. The number of hydrogen-bond donors (Lipinski definition) is 2. The molecule has 0 spiro atoms. The maximum Gasteiger partial charge on any atom is 0.191 e. The first-order valence-electron chi connectivity index (χ1n) is 9.71. The van der Waals surface area contributed by atoms with Crippen LogP contribution in [0.1, 0.15) is 49.9 Å². The maximum atomic E-state index is 4.43. The minimum atomic E-state index is 0. The van der Waals surface area contributed by atoms with E-state index in [9.17, 15) is 0 Å². The second-order valence-electron chi connectivity index (χ2n) is 7.34. The molecule has 0 saturated carbocycles. The molecule has 2 unspecified atom stereocenters. The highest BCUT2D eigenvalue weighted by Crippen LogP contribution is 2.20. The lowest BCUT2D eigenvalue weighted by molar-refractivity contribution is 0.139. The number of thiazole rings is 1. The number of hydrogen-bond acceptors (Lipinski definition) is 4. The molecule has 0 radical (unpaired) electrons. The van der Waals surface area contributed by atoms with Gasteiger partial charge in [0, 0.05) is 37.8 Å². The average molecular weight is 494 g/mol. The zero-order valence-electron chi connectivity index (χ0n) is 16.8. The third-order valence-electron chi connectivity index (χ3n) is 4.72. The molecule has 1 aromatic heterocycles. The van der Waals surface area contributed by atoms with Gasteiger partial charge in [0.05, 0.1) is 6.54 Å². The molecular formula is C19H36IN5S. The van der Waals surface area contributed by atoms with Crippen molar-refractivity contribution in [3.8, 4) is 0 Å². The number of nitrogens with zero attached hydrogens (tertiary/aromatic N) is 3. The number of piperidine rings is 1. The zero-order chi connectivity index (χ0) is 18.1. The standard InChI is InChI=1S/C19H35N5S.HI/c1-5-17-11-22-18(25-17)12-23-19(20-4)21-8-6-7-9-24-13-15(2)10-16(3)14-24;/h11,15-16H,5-10,12-14H2,1-4H3,(H2,20,21,23);1H. The first-order chi connectivity index (χ1) is 12.1. The summed E-state index contributed by atoms with van der Waals surface area (Å²) >= 11 is 1.77. The number of aryl methyl sites for hydroxylation is 1. The van der Waals surface area contributed by atoms with E-state index in [1.54, 1.807) is 11.3 Å². The first kappa shape index (κ1) is 23.6. The fourth-order valence-corrected chi connectivity index (χ4v) is 4.42. The van der Waals surface area contributed by atoms with Crippen molar-refractivity contribution in [3.05, 3.63) is 16.1 Å². The van der Waals surface area contributed by atoms with Crippen molar-refractivity contribution in [2.45, 2.75) is 53.0 Å². The topological polar surface area (TPSA) is 52.6 Å². The van der Waals surface area contributed by atoms with Crippen molar-refractivity contribution in [1.82, 2.24) is 20.5 Å². The lowest BCUT2D eigenvalue weighted by Crippen LogP contribution is -2.40. The fraction of sp³-hybridized carbons (Fsp3) is 0.789. The Kier molecular flexibility index (Phi) is 11.7. The molecule has 1 aromatic rings. The van der Waals surface area contributed by atoms with Crippen molar-refractivity contribution in [2.75, 3.05) is 33.2 Å². The van der Waals surface area contributed by atoms with Gasteiger partial charge < -0.3 is 15.5 Å². The van der Waals surface area contributed by atoms with E-state index in [4.69, 9.17) is 0 Å². The highest BCUT2D eigenvalue weighted by atomic mass is 127. The van der Waals surface area contributed by atoms with Gasteiger partial charge in [-0.3, -0.25) is 4.99 Å². The Morgan fingerprint density at radius 3 is 2.62 bits per heavy atom. The Morgan fingerprint density at radius 2 is 2.00 bits per heavy atom. The Hall–Kier alpha value is -0.410. The molecule has 0 aliphatic carbocycles. The molecule has 1 fully saturated rings. The summed E-state index contributed by atoms with van der Waals surface area (Å²) in [5, 5.41) is 7.88. The molecular weight excluding hydrogens is 457 g/mol. The molecule has 7 heteroatoms. The molecule has 1 aliphatic rings. The Labute approximate surface area is 180 Å². The van der Waals surface area contributed by atoms with Gasteiger partial charge in [-0.25, -0.2) is 4.98 Å². The summed E-state index contributed by atoms with van der Waals surface area (Å²) in [6, 6.07) is 0. The van der Waals surface area contributed by atoms with E-state index < -0.39 is 0 Å². The predicted octanol–water partition coefficient (Wildman–Crippen LogP) is 3.75. The summed E-state index contributed by atoms with van der Waals surface area (Å²) in [7, 11) is 1.82. The smallest absolute Gasteiger partial charge is 0.191 e. The monoisotopic (exact) mass is 493 g/mol. The predicted molar refractivity (Wildman–Crippen MR) is 124 cm³/mol. The Balaban J connectivity index is 0.00000338. The van der Waals surface area contributed by atoms with Crippen LogP contribution in [-0.2, 0) is 13.0 Å². The van der Waals surface area contributed by atoms with Crippen LogP contribution in [0.3, 0.4) is 0 Å². The Morgan fingerprint density at radius 1 is 1.27 bits per heavy atom. The van der Waals surface area contributed by atoms with Crippen LogP contribution in [0.4, 0.5) is 0 Å². The summed E-state index contributed by atoms with van der Waals surface area (Å²) < 4.78 is 0. The SMILES string of the molecule is CCc1cnc(CNC(=NC)NCCCCN2CC(C)CC(C)C2)s1.I. The lowest BCUT2D eigenvalue weighted by Gasteiger charge is -2.34. The molecule has 0 bridgehead atoms. The van der Waals surface area contributed by atoms with Crippen molar-refractivity contribution in [3.63, 3.8) is 0 Å². The number of aromatic nitrogens is 1. The summed E-state index contributed by atoms with van der Waals surface area (Å²) in [5.41, 5.74) is 0. The van der Waals surface area contributed by atoms with Gasteiger partial charge in [-0.2, -0.15) is 0 Å². The minimum Gasteiger partial charge on any atom is -0.356 e. The average Bonchev–Trinajstić information content (AvgIpc) is 3.04. The van der Waals surface area contributed by atoms with Gasteiger partial charge in [0.1, 0.15) is 5.01 Å². The second-order valence-corrected chi connectivity index (χ2v) is 8.54. The molecule has 1 aliphatic heterocycles. The number of rotatable bonds is 8. The van der Waals surface area contributed by atoms with Gasteiger partial charge in [-0.1, -0.05) is 20.8 Å². The van der Waals surface area contributed by atoms with Crippen molar-refractivity contribution < 1.29 is 0 Å². The van der Waals surface area contributed by atoms with E-state index in [1.807, 2.05) is 13.2 Å². The van der Waals surface area contributed by atoms with E-state index in [2.05, 4.69) is 46.3 Å². The molecule has 0 aromatic carbocycles. The molecule has 2 heterocycles. The molecule has 1 saturated heterocycles. The number of nitrogens with one attached hydrogen (secondary N) is 2. The fourth-order valence-electron chi connectivity index (χ4n) is 3.61. The van der Waals surface area contributed by atoms with E-state index >= 15 is 0 Å². The second kappa shape index (κ2) is 12.9. The van der Waals surface area contributed by atoms with Gasteiger partial charge in [0.2, 0.25) is 0 Å². The van der Waals surface area contributed by atoms with Crippen molar-refractivity contribution in [2.24, 2.45) is 16.8 Å². The quantitative estimate of drug-likeness (QED) is 0.251. The number of likely N-dealkylation sites (tertiary alicyclic amines) is 1. The van der Waals surface area contributed by atoms with Crippen molar-refractivity contribution >= 4 is 41.3 Å². The van der Waals surface area contributed by atoms with Gasteiger partial charge >= 0.3 is 0 Å². The van der Waals surface area contributed by atoms with Crippen LogP contribution in [-0.4, -0.2) is 49.1 Å². The lowest BCUT2D eigenvalue weighted by atomic mass is 9.92. The first-order valence-corrected chi connectivity index (χ1v) is 10.5. The van der Waals surface area contributed by atoms with Crippen LogP contribution in [0.25, 0.3) is 0 Å². The number of aliphatic imine (C=N–C) groups is 1. The molecule has 0 amide bonds. The summed E-state index contributed by atoms with van der Waals surface area (Å²) in [4.78, 5) is 12.7. The Bertz CT molecular complexity index is 524. The van der Waals surface area contributed by atoms with E-state index in [1.165, 1.54) is 43.8 Å². The van der Waals surface area contributed by atoms with Crippen LogP contribution in [0, 0.1) is 11.8 Å². The van der Waals surface area contributed by atoms with E-state index in [0.29, 0.717) is 0 Å². The van der Waals surface area contributed by atoms with Crippen LogP contribution < -0.4 is 10.6 Å². The summed E-state index contributed by atoms with van der Waals surface area (Å²) in [6.45, 7) is 12.4. The highest BCUT2D eigenvalue weighted by Gasteiger charge is 2.20. The van der Waals surface area contributed by atoms with Crippen LogP contribution in [0.2, 0.25) is 0 Å². The minimum absolute atomic E-state index is 0. The molecule has 2 atom stereocenters. The van der Waals surface area contributed by atoms with Gasteiger partial charge in [-0.15, -0.1) is 35.3 Å². The van der Waals surface area contributed by atoms with Crippen LogP contribution in [0.5, 0.6) is 0 Å².